The quantitative estimate of drug-likeness (QED) is 0.459. The summed E-state index contributed by atoms with van der Waals surface area (Å²) in [6.07, 6.45) is 3.91. The van der Waals surface area contributed by atoms with Gasteiger partial charge in [0.15, 0.2) is 12.3 Å². The highest BCUT2D eigenvalue weighted by molar-refractivity contribution is 6.11. The highest BCUT2D eigenvalue weighted by Crippen LogP contribution is 2.29. The van der Waals surface area contributed by atoms with Crippen LogP contribution in [0.15, 0.2) is 30.7 Å². The molecule has 35 heavy (non-hydrogen) atoms. The van der Waals surface area contributed by atoms with Crippen molar-refractivity contribution in [2.45, 2.75) is 25.4 Å². The van der Waals surface area contributed by atoms with Gasteiger partial charge in [0, 0.05) is 19.3 Å². The van der Waals surface area contributed by atoms with Crippen LogP contribution >= 0.6 is 0 Å². The summed E-state index contributed by atoms with van der Waals surface area (Å²) < 4.78 is 10.2. The van der Waals surface area contributed by atoms with E-state index in [0.29, 0.717) is 41.9 Å². The van der Waals surface area contributed by atoms with E-state index in [9.17, 15) is 19.2 Å². The number of nitrogens with one attached hydrogen (secondary N) is 3. The molecule has 3 N–H and O–H groups in total. The van der Waals surface area contributed by atoms with Crippen molar-refractivity contribution in [3.63, 3.8) is 0 Å². The maximum atomic E-state index is 13.2. The molecule has 1 atom stereocenters. The molecule has 2 aromatic heterocycles. The number of aromatic amines is 1. The minimum absolute atomic E-state index is 0.0332. The summed E-state index contributed by atoms with van der Waals surface area (Å²) in [4.78, 5) is 62.4. The van der Waals surface area contributed by atoms with Gasteiger partial charge in [-0.3, -0.25) is 14.4 Å². The fourth-order valence-electron chi connectivity index (χ4n) is 4.33. The fraction of sp³-hybridized carbons (Fsp3) is 0.304. The van der Waals surface area contributed by atoms with Crippen molar-refractivity contribution in [3.05, 3.63) is 47.5 Å². The molecule has 180 valence electrons. The molecule has 12 heteroatoms. The van der Waals surface area contributed by atoms with Crippen LogP contribution in [0.4, 0.5) is 5.69 Å². The Kier molecular flexibility index (Phi) is 5.77. The average molecular weight is 478 g/mol. The first-order valence-corrected chi connectivity index (χ1v) is 11.0. The number of carbonyl (C=O) groups excluding carboxylic acids is 4. The van der Waals surface area contributed by atoms with Crippen LogP contribution in [0.1, 0.15) is 39.3 Å². The third kappa shape index (κ3) is 4.14. The number of rotatable bonds is 5. The van der Waals surface area contributed by atoms with Crippen LogP contribution in [0, 0.1) is 0 Å². The minimum atomic E-state index is -0.645. The Labute approximate surface area is 199 Å². The van der Waals surface area contributed by atoms with Crippen LogP contribution in [0.3, 0.4) is 0 Å². The number of nitrogens with zero attached hydrogens (tertiary/aromatic N) is 3. The van der Waals surface area contributed by atoms with Gasteiger partial charge >= 0.3 is 5.97 Å². The van der Waals surface area contributed by atoms with Crippen LogP contribution in [-0.2, 0) is 20.9 Å². The van der Waals surface area contributed by atoms with Gasteiger partial charge in [-0.15, -0.1) is 0 Å². The van der Waals surface area contributed by atoms with E-state index in [1.54, 1.807) is 18.2 Å². The van der Waals surface area contributed by atoms with Gasteiger partial charge in [-0.05, 0) is 30.5 Å². The molecular formula is C23H22N6O6. The van der Waals surface area contributed by atoms with Crippen LogP contribution in [0.5, 0.6) is 5.75 Å². The summed E-state index contributed by atoms with van der Waals surface area (Å²) in [5.41, 5.74) is 2.22. The molecule has 0 spiro atoms. The molecule has 2 aliphatic rings. The van der Waals surface area contributed by atoms with Gasteiger partial charge in [0.25, 0.3) is 17.7 Å². The SMILES string of the molecule is COC(=O)[C@@H]1CCCN1C(=O)c1c[nH]c2c(C(=O)NCc3ccc4c(c3)NC(=O)CO4)ncnc12. The number of fused-ring (bicyclic) bond motifs is 2. The molecule has 3 aromatic rings. The van der Waals surface area contributed by atoms with Crippen molar-refractivity contribution in [1.82, 2.24) is 25.2 Å². The molecule has 0 aliphatic carbocycles. The van der Waals surface area contributed by atoms with E-state index < -0.39 is 17.9 Å². The third-order valence-corrected chi connectivity index (χ3v) is 6.03. The lowest BCUT2D eigenvalue weighted by Gasteiger charge is -2.22. The number of ether oxygens (including phenoxy) is 2. The molecule has 0 unspecified atom stereocenters. The second kappa shape index (κ2) is 9.05. The standard InChI is InChI=1S/C23H22N6O6/c1-34-23(33)15-3-2-6-29(15)22(32)13-9-24-19-18(13)26-11-27-20(19)21(31)25-8-12-4-5-16-14(7-12)28-17(30)10-35-16/h4-5,7,9,11,15,24H,2-3,6,8,10H2,1H3,(H,25,31)(H,28,30)/t15-/m0/s1. The number of aromatic nitrogens is 3. The highest BCUT2D eigenvalue weighted by Gasteiger charge is 2.36. The normalized spacial score (nSPS) is 16.9. The van der Waals surface area contributed by atoms with E-state index in [1.165, 1.54) is 24.5 Å². The second-order valence-electron chi connectivity index (χ2n) is 8.18. The summed E-state index contributed by atoms with van der Waals surface area (Å²) in [6, 6.07) is 4.59. The minimum Gasteiger partial charge on any atom is -0.482 e. The van der Waals surface area contributed by atoms with E-state index in [2.05, 4.69) is 25.6 Å². The summed E-state index contributed by atoms with van der Waals surface area (Å²) in [5, 5.41) is 5.52. The molecule has 3 amide bonds. The van der Waals surface area contributed by atoms with E-state index in [-0.39, 0.29) is 36.2 Å². The molecule has 12 nitrogen and oxygen atoms in total. The molecule has 1 saturated heterocycles. The predicted molar refractivity (Wildman–Crippen MR) is 122 cm³/mol. The predicted octanol–water partition coefficient (Wildman–Crippen LogP) is 0.996. The Hall–Kier alpha value is -4.48. The molecule has 5 rings (SSSR count). The van der Waals surface area contributed by atoms with Crippen LogP contribution in [0.25, 0.3) is 11.0 Å². The van der Waals surface area contributed by atoms with Crippen molar-refractivity contribution in [2.24, 2.45) is 0 Å². The van der Waals surface area contributed by atoms with Gasteiger partial charge in [-0.1, -0.05) is 6.07 Å². The average Bonchev–Trinajstić information content (AvgIpc) is 3.53. The van der Waals surface area contributed by atoms with Crippen LogP contribution in [0.2, 0.25) is 0 Å². The topological polar surface area (TPSA) is 156 Å². The molecule has 0 saturated carbocycles. The van der Waals surface area contributed by atoms with Gasteiger partial charge in [-0.25, -0.2) is 14.8 Å². The first-order chi connectivity index (χ1) is 17.0. The van der Waals surface area contributed by atoms with Gasteiger partial charge in [-0.2, -0.15) is 0 Å². The maximum Gasteiger partial charge on any atom is 0.328 e. The van der Waals surface area contributed by atoms with Crippen molar-refractivity contribution < 1.29 is 28.7 Å². The lowest BCUT2D eigenvalue weighted by molar-refractivity contribution is -0.145. The van der Waals surface area contributed by atoms with Crippen molar-refractivity contribution in [3.8, 4) is 5.75 Å². The number of likely N-dealkylation sites (tertiary alicyclic amines) is 1. The Morgan fingerprint density at radius 2 is 2.14 bits per heavy atom. The van der Waals surface area contributed by atoms with E-state index in [4.69, 9.17) is 9.47 Å². The highest BCUT2D eigenvalue weighted by atomic mass is 16.5. The first kappa shape index (κ1) is 22.3. The molecule has 1 fully saturated rings. The van der Waals surface area contributed by atoms with Crippen molar-refractivity contribution in [2.75, 3.05) is 25.6 Å². The van der Waals surface area contributed by atoms with Gasteiger partial charge in [0.05, 0.1) is 23.9 Å². The molecule has 1 aromatic carbocycles. The second-order valence-corrected chi connectivity index (χ2v) is 8.18. The smallest absolute Gasteiger partial charge is 0.328 e. The van der Waals surface area contributed by atoms with Crippen molar-refractivity contribution in [1.29, 1.82) is 0 Å². The Morgan fingerprint density at radius 3 is 2.97 bits per heavy atom. The first-order valence-electron chi connectivity index (χ1n) is 11.0. The number of benzene rings is 1. The molecule has 2 aliphatic heterocycles. The maximum absolute atomic E-state index is 13.2. The number of anilines is 1. The zero-order chi connectivity index (χ0) is 24.5. The summed E-state index contributed by atoms with van der Waals surface area (Å²) in [5.74, 6) is -0.977. The number of H-pyrrole nitrogens is 1. The van der Waals surface area contributed by atoms with E-state index in [1.807, 2.05) is 0 Å². The van der Waals surface area contributed by atoms with Gasteiger partial charge in [0.1, 0.15) is 23.6 Å². The summed E-state index contributed by atoms with van der Waals surface area (Å²) in [7, 11) is 1.29. The van der Waals surface area contributed by atoms with Gasteiger partial charge < -0.3 is 30.0 Å². The summed E-state index contributed by atoms with van der Waals surface area (Å²) in [6.45, 7) is 0.569. The number of methoxy groups -OCH3 is 1. The van der Waals surface area contributed by atoms with E-state index >= 15 is 0 Å². The molecule has 0 bridgehead atoms. The number of esters is 1. The third-order valence-electron chi connectivity index (χ3n) is 6.03. The lowest BCUT2D eigenvalue weighted by atomic mass is 10.1. The number of hydrogen-bond donors (Lipinski definition) is 3. The van der Waals surface area contributed by atoms with Crippen LogP contribution < -0.4 is 15.4 Å². The fourth-order valence-corrected chi connectivity index (χ4v) is 4.33. The monoisotopic (exact) mass is 478 g/mol. The Balaban J connectivity index is 1.34. The van der Waals surface area contributed by atoms with Crippen LogP contribution in [-0.4, -0.2) is 69.8 Å². The lowest BCUT2D eigenvalue weighted by Crippen LogP contribution is -2.41. The van der Waals surface area contributed by atoms with Gasteiger partial charge in [0.2, 0.25) is 0 Å². The Morgan fingerprint density at radius 1 is 1.29 bits per heavy atom. The summed E-state index contributed by atoms with van der Waals surface area (Å²) >= 11 is 0. The Bertz CT molecular complexity index is 1350. The van der Waals surface area contributed by atoms with Crippen molar-refractivity contribution >= 4 is 40.4 Å². The number of carbonyl (C=O) groups is 4. The van der Waals surface area contributed by atoms with E-state index in [0.717, 1.165) is 5.56 Å². The number of amides is 3. The largest absolute Gasteiger partial charge is 0.482 e. The zero-order valence-corrected chi connectivity index (χ0v) is 18.8. The number of hydrogen-bond acceptors (Lipinski definition) is 8. The zero-order valence-electron chi connectivity index (χ0n) is 18.8. The molecular weight excluding hydrogens is 456 g/mol. The molecule has 0 radical (unpaired) electrons. The molecule has 4 heterocycles.